The van der Waals surface area contributed by atoms with E-state index in [1.807, 2.05) is 13.8 Å². The molecule has 0 aliphatic carbocycles. The molecule has 0 atom stereocenters. The van der Waals surface area contributed by atoms with Crippen LogP contribution >= 0.6 is 11.6 Å². The van der Waals surface area contributed by atoms with Crippen LogP contribution in [0.2, 0.25) is 5.02 Å². The van der Waals surface area contributed by atoms with Crippen molar-refractivity contribution in [2.24, 2.45) is 5.92 Å². The van der Waals surface area contributed by atoms with Crippen molar-refractivity contribution in [1.29, 1.82) is 0 Å². The van der Waals surface area contributed by atoms with Crippen LogP contribution in [-0.4, -0.2) is 15.0 Å². The third kappa shape index (κ3) is 4.61. The Kier molecular flexibility index (Phi) is 4.91. The second kappa shape index (κ2) is 5.80. The highest BCUT2D eigenvalue weighted by atomic mass is 35.5. The molecule has 0 heterocycles. The lowest BCUT2D eigenvalue weighted by Gasteiger charge is -2.10. The molecule has 0 bridgehead atoms. The van der Waals surface area contributed by atoms with Crippen LogP contribution in [0.1, 0.15) is 19.4 Å². The Hall–Kier alpha value is -0.650. The molecule has 96 valence electrons. The van der Waals surface area contributed by atoms with E-state index >= 15 is 0 Å². The Labute approximate surface area is 106 Å². The summed E-state index contributed by atoms with van der Waals surface area (Å²) < 4.78 is 39.2. The predicted molar refractivity (Wildman–Crippen MR) is 66.9 cm³/mol. The van der Waals surface area contributed by atoms with E-state index in [0.717, 1.165) is 0 Å². The van der Waals surface area contributed by atoms with E-state index in [9.17, 15) is 12.8 Å². The van der Waals surface area contributed by atoms with Crippen molar-refractivity contribution in [3.63, 3.8) is 0 Å². The summed E-state index contributed by atoms with van der Waals surface area (Å²) in [6.45, 7) is 4.10. The molecule has 1 rings (SSSR count). The van der Waals surface area contributed by atoms with Gasteiger partial charge < -0.3 is 0 Å². The molecule has 0 aliphatic rings. The van der Waals surface area contributed by atoms with Crippen molar-refractivity contribution in [2.75, 3.05) is 6.54 Å². The van der Waals surface area contributed by atoms with Crippen LogP contribution in [-0.2, 0) is 15.8 Å². The van der Waals surface area contributed by atoms with Gasteiger partial charge in [0.25, 0.3) is 0 Å². The molecule has 0 aliphatic heterocycles. The summed E-state index contributed by atoms with van der Waals surface area (Å²) in [5.74, 6) is -0.848. The second-order valence-corrected chi connectivity index (χ2v) is 6.42. The normalized spacial score (nSPS) is 12.1. The number of hydrogen-bond donors (Lipinski definition) is 1. The molecule has 1 aromatic rings. The maximum Gasteiger partial charge on any atom is 0.215 e. The molecule has 0 unspecified atom stereocenters. The van der Waals surface area contributed by atoms with Gasteiger partial charge in [-0.3, -0.25) is 0 Å². The fourth-order valence-corrected chi connectivity index (χ4v) is 2.88. The average Bonchev–Trinajstić information content (AvgIpc) is 2.21. The zero-order valence-corrected chi connectivity index (χ0v) is 11.3. The van der Waals surface area contributed by atoms with E-state index < -0.39 is 21.6 Å². The molecule has 0 fully saturated rings. The lowest BCUT2D eigenvalue weighted by molar-refractivity contribution is 0.556. The minimum atomic E-state index is -3.55. The van der Waals surface area contributed by atoms with Gasteiger partial charge in [0.2, 0.25) is 10.0 Å². The first-order chi connectivity index (χ1) is 7.82. The van der Waals surface area contributed by atoms with Crippen LogP contribution in [0.15, 0.2) is 18.2 Å². The molecule has 0 amide bonds. The monoisotopic (exact) mass is 279 g/mol. The molecule has 0 radical (unpaired) electrons. The fourth-order valence-electron chi connectivity index (χ4n) is 1.20. The minimum absolute atomic E-state index is 0.00502. The van der Waals surface area contributed by atoms with Gasteiger partial charge >= 0.3 is 0 Å². The first kappa shape index (κ1) is 14.4. The molecule has 1 aromatic carbocycles. The molecule has 0 saturated carbocycles. The minimum Gasteiger partial charge on any atom is -0.215 e. The first-order valence-electron chi connectivity index (χ1n) is 5.22. The number of hydrogen-bond acceptors (Lipinski definition) is 2. The van der Waals surface area contributed by atoms with Gasteiger partial charge in [-0.25, -0.2) is 17.5 Å². The highest BCUT2D eigenvalue weighted by Gasteiger charge is 2.17. The lowest BCUT2D eigenvalue weighted by Crippen LogP contribution is -2.29. The number of halogens is 2. The highest BCUT2D eigenvalue weighted by Crippen LogP contribution is 2.20. The van der Waals surface area contributed by atoms with Crippen molar-refractivity contribution >= 4 is 21.6 Å². The number of rotatable bonds is 5. The summed E-state index contributed by atoms with van der Waals surface area (Å²) in [5.41, 5.74) is 0.00502. The third-order valence-corrected chi connectivity index (χ3v) is 3.74. The summed E-state index contributed by atoms with van der Waals surface area (Å²) in [6, 6.07) is 4.10. The van der Waals surface area contributed by atoms with Crippen LogP contribution in [0.3, 0.4) is 0 Å². The van der Waals surface area contributed by atoms with E-state index in [1.165, 1.54) is 18.2 Å². The Bertz CT molecular complexity index is 468. The van der Waals surface area contributed by atoms with Crippen molar-refractivity contribution < 1.29 is 12.8 Å². The summed E-state index contributed by atoms with van der Waals surface area (Å²) in [7, 11) is -3.55. The molecule has 0 saturated heterocycles. The van der Waals surface area contributed by atoms with Gasteiger partial charge in [-0.15, -0.1) is 0 Å². The highest BCUT2D eigenvalue weighted by molar-refractivity contribution is 7.88. The van der Waals surface area contributed by atoms with Gasteiger partial charge in [-0.05, 0) is 18.1 Å². The Balaban J connectivity index is 2.83. The van der Waals surface area contributed by atoms with Crippen LogP contribution in [0.5, 0.6) is 0 Å². The molecule has 6 heteroatoms. The van der Waals surface area contributed by atoms with Gasteiger partial charge in [0.05, 0.1) is 5.75 Å². The fraction of sp³-hybridized carbons (Fsp3) is 0.455. The molecule has 1 N–H and O–H groups in total. The van der Waals surface area contributed by atoms with Crippen molar-refractivity contribution in [3.05, 3.63) is 34.6 Å². The molecule has 17 heavy (non-hydrogen) atoms. The third-order valence-electron chi connectivity index (χ3n) is 2.11. The quantitative estimate of drug-likeness (QED) is 0.900. The second-order valence-electron chi connectivity index (χ2n) is 4.20. The van der Waals surface area contributed by atoms with Crippen LogP contribution in [0.25, 0.3) is 0 Å². The maximum absolute atomic E-state index is 13.4. The van der Waals surface area contributed by atoms with Gasteiger partial charge in [-0.1, -0.05) is 31.5 Å². The van der Waals surface area contributed by atoms with Crippen LogP contribution in [0.4, 0.5) is 4.39 Å². The smallest absolute Gasteiger partial charge is 0.215 e. The van der Waals surface area contributed by atoms with E-state index in [2.05, 4.69) is 4.72 Å². The largest absolute Gasteiger partial charge is 0.215 e. The maximum atomic E-state index is 13.4. The Morgan fingerprint density at radius 3 is 2.59 bits per heavy atom. The predicted octanol–water partition coefficient (Wildman–Crippen LogP) is 2.55. The van der Waals surface area contributed by atoms with Gasteiger partial charge in [0, 0.05) is 17.1 Å². The van der Waals surface area contributed by atoms with Crippen molar-refractivity contribution in [2.45, 2.75) is 19.6 Å². The average molecular weight is 280 g/mol. The van der Waals surface area contributed by atoms with Gasteiger partial charge in [0.15, 0.2) is 0 Å². The number of nitrogens with one attached hydrogen (secondary N) is 1. The standard InChI is InChI=1S/C11H15ClFNO2S/c1-8(2)6-14-17(15,16)7-9-10(12)4-3-5-11(9)13/h3-5,8,14H,6-7H2,1-2H3. The molecular weight excluding hydrogens is 265 g/mol. The zero-order valence-electron chi connectivity index (χ0n) is 9.70. The van der Waals surface area contributed by atoms with Gasteiger partial charge in [-0.2, -0.15) is 0 Å². The summed E-state index contributed by atoms with van der Waals surface area (Å²) >= 11 is 5.77. The molecule has 0 spiro atoms. The van der Waals surface area contributed by atoms with Crippen molar-refractivity contribution in [3.8, 4) is 0 Å². The first-order valence-corrected chi connectivity index (χ1v) is 7.25. The number of sulfonamides is 1. The zero-order chi connectivity index (χ0) is 13.1. The summed E-state index contributed by atoms with van der Waals surface area (Å²) in [4.78, 5) is 0. The lowest BCUT2D eigenvalue weighted by atomic mass is 10.2. The summed E-state index contributed by atoms with van der Waals surface area (Å²) in [5, 5.41) is 0.125. The topological polar surface area (TPSA) is 46.2 Å². The molecular formula is C11H15ClFNO2S. The van der Waals surface area contributed by atoms with E-state index in [-0.39, 0.29) is 16.5 Å². The SMILES string of the molecule is CC(C)CNS(=O)(=O)Cc1c(F)cccc1Cl. The van der Waals surface area contributed by atoms with Crippen LogP contribution < -0.4 is 4.72 Å². The van der Waals surface area contributed by atoms with Gasteiger partial charge in [0.1, 0.15) is 5.82 Å². The van der Waals surface area contributed by atoms with E-state index in [1.54, 1.807) is 0 Å². The Morgan fingerprint density at radius 2 is 2.06 bits per heavy atom. The molecule has 3 nitrogen and oxygen atoms in total. The number of benzene rings is 1. The van der Waals surface area contributed by atoms with E-state index in [0.29, 0.717) is 6.54 Å². The molecule has 0 aromatic heterocycles. The summed E-state index contributed by atoms with van der Waals surface area (Å²) in [6.07, 6.45) is 0. The Morgan fingerprint density at radius 1 is 1.41 bits per heavy atom. The van der Waals surface area contributed by atoms with Crippen LogP contribution in [0, 0.1) is 11.7 Å². The van der Waals surface area contributed by atoms with Crippen molar-refractivity contribution in [1.82, 2.24) is 4.72 Å². The van der Waals surface area contributed by atoms with E-state index in [4.69, 9.17) is 11.6 Å².